The average Bonchev–Trinajstić information content (AvgIpc) is 2.51. The molecule has 0 saturated heterocycles. The van der Waals surface area contributed by atoms with E-state index in [0.29, 0.717) is 27.7 Å². The minimum atomic E-state index is -0.507. The summed E-state index contributed by atoms with van der Waals surface area (Å²) in [6.45, 7) is 2.34. The Bertz CT molecular complexity index is 873. The second-order valence-corrected chi connectivity index (χ2v) is 5.62. The first-order valence-corrected chi connectivity index (χ1v) is 7.62. The van der Waals surface area contributed by atoms with Crippen molar-refractivity contribution < 1.29 is 13.5 Å². The molecule has 0 atom stereocenters. The highest BCUT2D eigenvalue weighted by Crippen LogP contribution is 2.31. The van der Waals surface area contributed by atoms with Crippen molar-refractivity contribution in [2.24, 2.45) is 0 Å². The number of hydrogen-bond acceptors (Lipinski definition) is 4. The van der Waals surface area contributed by atoms with E-state index in [9.17, 15) is 9.18 Å². The van der Waals surface area contributed by atoms with Crippen LogP contribution in [0.3, 0.4) is 0 Å². The summed E-state index contributed by atoms with van der Waals surface area (Å²) >= 11 is 1.05. The molecule has 0 aliphatic carbocycles. The zero-order chi connectivity index (χ0) is 15.5. The average molecular weight is 316 g/mol. The zero-order valence-corrected chi connectivity index (χ0v) is 12.7. The zero-order valence-electron chi connectivity index (χ0n) is 11.8. The molecule has 0 N–H and O–H groups in total. The Morgan fingerprint density at radius 1 is 1.14 bits per heavy atom. The summed E-state index contributed by atoms with van der Waals surface area (Å²) in [6.07, 6.45) is 0. The minimum absolute atomic E-state index is 0.339. The standard InChI is InChI=1S/C17H13FO3S/c1-2-20-13-8-5-6-11-10-15(17(19)21-16(11)13)22-14-9-4-3-7-12(14)18/h3-10H,2H2,1H3. The fourth-order valence-corrected chi connectivity index (χ4v) is 2.95. The molecule has 1 aromatic heterocycles. The smallest absolute Gasteiger partial charge is 0.350 e. The van der Waals surface area contributed by atoms with E-state index in [0.717, 1.165) is 17.1 Å². The van der Waals surface area contributed by atoms with Gasteiger partial charge in [-0.05, 0) is 31.2 Å². The Balaban J connectivity index is 2.07. The highest BCUT2D eigenvalue weighted by atomic mass is 32.2. The van der Waals surface area contributed by atoms with Gasteiger partial charge in [0.05, 0.1) is 11.5 Å². The molecule has 0 fully saturated rings. The molecule has 0 radical (unpaired) electrons. The van der Waals surface area contributed by atoms with Gasteiger partial charge in [-0.2, -0.15) is 0 Å². The van der Waals surface area contributed by atoms with Gasteiger partial charge in [0.2, 0.25) is 0 Å². The monoisotopic (exact) mass is 316 g/mol. The lowest BCUT2D eigenvalue weighted by Gasteiger charge is -2.07. The highest BCUT2D eigenvalue weighted by molar-refractivity contribution is 7.99. The molecular weight excluding hydrogens is 303 g/mol. The number of fused-ring (bicyclic) bond motifs is 1. The molecule has 0 aliphatic rings. The first kappa shape index (κ1) is 14.7. The maximum atomic E-state index is 13.7. The number of halogens is 1. The largest absolute Gasteiger partial charge is 0.490 e. The molecule has 22 heavy (non-hydrogen) atoms. The van der Waals surface area contributed by atoms with Gasteiger partial charge < -0.3 is 9.15 Å². The molecule has 3 nitrogen and oxygen atoms in total. The van der Waals surface area contributed by atoms with Crippen LogP contribution >= 0.6 is 11.8 Å². The fourth-order valence-electron chi connectivity index (χ4n) is 2.09. The van der Waals surface area contributed by atoms with Crippen LogP contribution in [0, 0.1) is 5.82 Å². The summed E-state index contributed by atoms with van der Waals surface area (Å²) in [5.41, 5.74) is -0.0971. The van der Waals surface area contributed by atoms with Crippen LogP contribution in [0.2, 0.25) is 0 Å². The molecule has 3 aromatic rings. The number of hydrogen-bond donors (Lipinski definition) is 0. The third-order valence-corrected chi connectivity index (χ3v) is 4.10. The fraction of sp³-hybridized carbons (Fsp3) is 0.118. The number of benzene rings is 2. The van der Waals surface area contributed by atoms with E-state index in [1.165, 1.54) is 6.07 Å². The van der Waals surface area contributed by atoms with Crippen molar-refractivity contribution in [1.29, 1.82) is 0 Å². The first-order valence-electron chi connectivity index (χ1n) is 6.81. The number of rotatable bonds is 4. The van der Waals surface area contributed by atoms with Crippen molar-refractivity contribution >= 4 is 22.7 Å². The predicted molar refractivity (Wildman–Crippen MR) is 84.2 cm³/mol. The minimum Gasteiger partial charge on any atom is -0.490 e. The maximum Gasteiger partial charge on any atom is 0.350 e. The first-order chi connectivity index (χ1) is 10.7. The van der Waals surface area contributed by atoms with Gasteiger partial charge in [-0.25, -0.2) is 9.18 Å². The molecule has 0 spiro atoms. The van der Waals surface area contributed by atoms with Crippen LogP contribution in [0.15, 0.2) is 67.5 Å². The highest BCUT2D eigenvalue weighted by Gasteiger charge is 2.12. The molecule has 112 valence electrons. The lowest BCUT2D eigenvalue weighted by molar-refractivity contribution is 0.336. The van der Waals surface area contributed by atoms with Gasteiger partial charge >= 0.3 is 5.63 Å². The quantitative estimate of drug-likeness (QED) is 0.665. The van der Waals surface area contributed by atoms with Crippen molar-refractivity contribution in [2.75, 3.05) is 6.61 Å². The van der Waals surface area contributed by atoms with Gasteiger partial charge in [-0.15, -0.1) is 0 Å². The lowest BCUT2D eigenvalue weighted by Crippen LogP contribution is -2.03. The van der Waals surface area contributed by atoms with Gasteiger partial charge in [0, 0.05) is 10.3 Å². The van der Waals surface area contributed by atoms with Crippen LogP contribution in [0.4, 0.5) is 4.39 Å². The van der Waals surface area contributed by atoms with Crippen LogP contribution in [0.1, 0.15) is 6.92 Å². The normalized spacial score (nSPS) is 10.8. The van der Waals surface area contributed by atoms with Crippen molar-refractivity contribution in [3.8, 4) is 5.75 Å². The molecular formula is C17H13FO3S. The third-order valence-electron chi connectivity index (χ3n) is 3.05. The topological polar surface area (TPSA) is 39.4 Å². The van der Waals surface area contributed by atoms with Crippen molar-refractivity contribution in [1.82, 2.24) is 0 Å². The molecule has 0 unspecified atom stereocenters. The number of para-hydroxylation sites is 1. The summed E-state index contributed by atoms with van der Waals surface area (Å²) < 4.78 is 24.5. The summed E-state index contributed by atoms with van der Waals surface area (Å²) in [6, 6.07) is 13.4. The molecule has 0 saturated carbocycles. The van der Waals surface area contributed by atoms with Gasteiger partial charge in [-0.3, -0.25) is 0 Å². The number of ether oxygens (including phenoxy) is 1. The third kappa shape index (κ3) is 2.85. The molecule has 0 aliphatic heterocycles. The SMILES string of the molecule is CCOc1cccc2cc(Sc3ccccc3F)c(=O)oc12. The Kier molecular flexibility index (Phi) is 4.15. The van der Waals surface area contributed by atoms with E-state index in [-0.39, 0.29) is 5.82 Å². The molecule has 0 amide bonds. The van der Waals surface area contributed by atoms with E-state index >= 15 is 0 Å². The molecule has 5 heteroatoms. The van der Waals surface area contributed by atoms with Gasteiger partial charge in [0.1, 0.15) is 5.82 Å². The van der Waals surface area contributed by atoms with E-state index in [1.54, 1.807) is 30.3 Å². The Morgan fingerprint density at radius 3 is 2.73 bits per heavy atom. The van der Waals surface area contributed by atoms with Crippen molar-refractivity contribution in [2.45, 2.75) is 16.7 Å². The molecule has 3 rings (SSSR count). The van der Waals surface area contributed by atoms with Gasteiger partial charge in [-0.1, -0.05) is 36.0 Å². The van der Waals surface area contributed by atoms with Crippen molar-refractivity contribution in [3.63, 3.8) is 0 Å². The second-order valence-electron chi connectivity index (χ2n) is 4.54. The summed E-state index contributed by atoms with van der Waals surface area (Å²) in [7, 11) is 0. The Morgan fingerprint density at radius 2 is 1.95 bits per heavy atom. The van der Waals surface area contributed by atoms with Crippen molar-refractivity contribution in [3.05, 3.63) is 64.8 Å². The molecule has 2 aromatic carbocycles. The summed E-state index contributed by atoms with van der Waals surface area (Å²) in [5, 5.41) is 0.740. The van der Waals surface area contributed by atoms with Crippen LogP contribution in [-0.4, -0.2) is 6.61 Å². The predicted octanol–water partition coefficient (Wildman–Crippen LogP) is 4.48. The van der Waals surface area contributed by atoms with Gasteiger partial charge in [0.25, 0.3) is 0 Å². The van der Waals surface area contributed by atoms with Crippen LogP contribution < -0.4 is 10.4 Å². The Hall–Kier alpha value is -2.27. The second kappa shape index (κ2) is 6.23. The van der Waals surface area contributed by atoms with Gasteiger partial charge in [0.15, 0.2) is 11.3 Å². The van der Waals surface area contributed by atoms with Crippen LogP contribution in [0.5, 0.6) is 5.75 Å². The molecule has 0 bridgehead atoms. The van der Waals surface area contributed by atoms with E-state index in [1.807, 2.05) is 19.1 Å². The van der Waals surface area contributed by atoms with E-state index in [2.05, 4.69) is 0 Å². The summed E-state index contributed by atoms with van der Waals surface area (Å²) in [4.78, 5) is 12.9. The maximum absolute atomic E-state index is 13.7. The summed E-state index contributed by atoms with van der Waals surface area (Å²) in [5.74, 6) is 0.162. The molecule has 1 heterocycles. The van der Waals surface area contributed by atoms with E-state index < -0.39 is 5.63 Å². The lowest BCUT2D eigenvalue weighted by atomic mass is 10.2. The van der Waals surface area contributed by atoms with Crippen LogP contribution in [0.25, 0.3) is 11.0 Å². The van der Waals surface area contributed by atoms with E-state index in [4.69, 9.17) is 9.15 Å². The Labute approximate surface area is 130 Å². The van der Waals surface area contributed by atoms with Crippen LogP contribution in [-0.2, 0) is 0 Å².